The van der Waals surface area contributed by atoms with Gasteiger partial charge in [-0.05, 0) is 44.0 Å². The summed E-state index contributed by atoms with van der Waals surface area (Å²) in [4.78, 5) is 29.4. The summed E-state index contributed by atoms with van der Waals surface area (Å²) in [6, 6.07) is 5.59. The van der Waals surface area contributed by atoms with E-state index in [2.05, 4.69) is 5.32 Å². The first-order valence-electron chi connectivity index (χ1n) is 10.1. The Bertz CT molecular complexity index is 829. The van der Waals surface area contributed by atoms with Gasteiger partial charge in [0, 0.05) is 18.8 Å². The second-order valence-electron chi connectivity index (χ2n) is 7.95. The van der Waals surface area contributed by atoms with Crippen molar-refractivity contribution >= 4 is 27.5 Å². The third kappa shape index (κ3) is 5.75. The van der Waals surface area contributed by atoms with E-state index in [1.165, 1.54) is 34.1 Å². The number of amides is 2. The highest BCUT2D eigenvalue weighted by atomic mass is 32.2. The van der Waals surface area contributed by atoms with Crippen LogP contribution in [0, 0.1) is 0 Å². The van der Waals surface area contributed by atoms with Gasteiger partial charge in [0.05, 0.1) is 4.90 Å². The van der Waals surface area contributed by atoms with Crippen LogP contribution in [0.3, 0.4) is 0 Å². The van der Waals surface area contributed by atoms with Gasteiger partial charge in [0.1, 0.15) is 26.2 Å². The van der Waals surface area contributed by atoms with Gasteiger partial charge in [0.2, 0.25) is 10.0 Å². The number of sulfonamides is 1. The molecule has 1 atom stereocenters. The molecule has 29 heavy (non-hydrogen) atoms. The van der Waals surface area contributed by atoms with Crippen molar-refractivity contribution in [1.82, 2.24) is 4.90 Å². The molecule has 0 unspecified atom stereocenters. The number of piperazine rings is 1. The van der Waals surface area contributed by atoms with Gasteiger partial charge in [-0.15, -0.1) is 0 Å². The van der Waals surface area contributed by atoms with Crippen LogP contribution >= 0.6 is 0 Å². The van der Waals surface area contributed by atoms with Gasteiger partial charge in [0.15, 0.2) is 12.6 Å². The average Bonchev–Trinajstić information content (AvgIpc) is 3.23. The molecule has 2 amide bonds. The van der Waals surface area contributed by atoms with Crippen molar-refractivity contribution in [2.45, 2.75) is 30.7 Å². The zero-order valence-corrected chi connectivity index (χ0v) is 17.6. The summed E-state index contributed by atoms with van der Waals surface area (Å²) in [6.07, 6.45) is 2.22. The third-order valence-electron chi connectivity index (χ3n) is 5.92. The predicted molar refractivity (Wildman–Crippen MR) is 108 cm³/mol. The Morgan fingerprint density at radius 2 is 1.69 bits per heavy atom. The van der Waals surface area contributed by atoms with E-state index in [4.69, 9.17) is 5.14 Å². The first kappa shape index (κ1) is 21.7. The summed E-state index contributed by atoms with van der Waals surface area (Å²) in [5, 5.41) is 7.92. The van der Waals surface area contributed by atoms with E-state index in [1.807, 2.05) is 11.8 Å². The van der Waals surface area contributed by atoms with Crippen LogP contribution in [0.2, 0.25) is 0 Å². The van der Waals surface area contributed by atoms with Crippen LogP contribution in [-0.2, 0) is 19.6 Å². The number of hydrogen-bond donors (Lipinski definition) is 4. The normalized spacial score (nSPS) is 23.6. The van der Waals surface area contributed by atoms with Gasteiger partial charge >= 0.3 is 0 Å². The fourth-order valence-corrected chi connectivity index (χ4v) is 4.51. The molecule has 0 saturated carbocycles. The van der Waals surface area contributed by atoms with E-state index in [-0.39, 0.29) is 22.8 Å². The predicted octanol–water partition coefficient (Wildman–Crippen LogP) is -2.93. The number of nitrogens with one attached hydrogen (secondary N) is 3. The molecule has 5 N–H and O–H groups in total. The van der Waals surface area contributed by atoms with Crippen LogP contribution in [0.15, 0.2) is 29.2 Å². The molecule has 0 aromatic heterocycles. The van der Waals surface area contributed by atoms with Crippen molar-refractivity contribution in [3.63, 3.8) is 0 Å². The van der Waals surface area contributed by atoms with Crippen molar-refractivity contribution in [1.29, 1.82) is 0 Å². The molecule has 2 fully saturated rings. The highest BCUT2D eigenvalue weighted by molar-refractivity contribution is 7.89. The molecule has 160 valence electrons. The molecule has 1 aromatic rings. The molecular weight excluding hydrogens is 394 g/mol. The number of hydrogen-bond acceptors (Lipinski definition) is 4. The minimum Gasteiger partial charge on any atom is -0.338 e. The minimum absolute atomic E-state index is 0.0109. The van der Waals surface area contributed by atoms with Crippen molar-refractivity contribution in [2.75, 3.05) is 51.1 Å². The topological polar surface area (TPSA) is 118 Å². The van der Waals surface area contributed by atoms with Gasteiger partial charge in [-0.3, -0.25) is 9.59 Å². The van der Waals surface area contributed by atoms with E-state index in [0.717, 1.165) is 52.1 Å². The Kier molecular flexibility index (Phi) is 6.89. The summed E-state index contributed by atoms with van der Waals surface area (Å²) in [5.41, 5.74) is 0.536. The van der Waals surface area contributed by atoms with Crippen LogP contribution in [0.4, 0.5) is 5.69 Å². The molecule has 3 rings (SSSR count). The lowest BCUT2D eigenvalue weighted by atomic mass is 10.2. The van der Waals surface area contributed by atoms with Crippen LogP contribution in [0.1, 0.15) is 19.8 Å². The zero-order chi connectivity index (χ0) is 21.0. The summed E-state index contributed by atoms with van der Waals surface area (Å²) in [5.74, 6) is 0.134. The fourth-order valence-electron chi connectivity index (χ4n) is 3.99. The molecule has 2 heterocycles. The number of nitrogens with two attached hydrogens (primary N) is 1. The summed E-state index contributed by atoms with van der Waals surface area (Å²) in [6.45, 7) is 7.63. The minimum atomic E-state index is -3.75. The molecule has 0 spiro atoms. The Morgan fingerprint density at radius 3 is 2.24 bits per heavy atom. The highest BCUT2D eigenvalue weighted by Gasteiger charge is 2.32. The molecule has 1 aromatic carbocycles. The maximum Gasteiger partial charge on any atom is 0.282 e. The average molecular weight is 426 g/mol. The van der Waals surface area contributed by atoms with E-state index >= 15 is 0 Å². The van der Waals surface area contributed by atoms with Crippen molar-refractivity contribution in [3.05, 3.63) is 24.3 Å². The van der Waals surface area contributed by atoms with E-state index < -0.39 is 10.0 Å². The van der Waals surface area contributed by atoms with Crippen molar-refractivity contribution in [3.8, 4) is 0 Å². The summed E-state index contributed by atoms with van der Waals surface area (Å²) in [7, 11) is -3.75. The second kappa shape index (κ2) is 9.21. The van der Waals surface area contributed by atoms with Gasteiger partial charge in [-0.25, -0.2) is 13.6 Å². The molecule has 9 nitrogen and oxygen atoms in total. The lowest BCUT2D eigenvalue weighted by molar-refractivity contribution is -1.01. The molecule has 2 saturated heterocycles. The molecule has 2 aliphatic rings. The third-order valence-corrected chi connectivity index (χ3v) is 6.84. The van der Waals surface area contributed by atoms with E-state index in [1.54, 1.807) is 0 Å². The van der Waals surface area contributed by atoms with Crippen LogP contribution in [0.25, 0.3) is 0 Å². The van der Waals surface area contributed by atoms with Crippen LogP contribution in [0.5, 0.6) is 0 Å². The van der Waals surface area contributed by atoms with E-state index in [0.29, 0.717) is 12.2 Å². The number of carbonyl (C=O) groups excluding carboxylic acids is 2. The molecule has 0 radical (unpaired) electrons. The first-order valence-corrected chi connectivity index (χ1v) is 11.7. The number of rotatable bonds is 6. The molecule has 2 aliphatic heterocycles. The maximum atomic E-state index is 12.6. The smallest absolute Gasteiger partial charge is 0.282 e. The van der Waals surface area contributed by atoms with Gasteiger partial charge < -0.3 is 20.0 Å². The first-order chi connectivity index (χ1) is 13.7. The number of quaternary nitrogens is 2. The van der Waals surface area contributed by atoms with Gasteiger partial charge in [-0.2, -0.15) is 0 Å². The molecule has 10 heteroatoms. The van der Waals surface area contributed by atoms with Gasteiger partial charge in [0.25, 0.3) is 11.8 Å². The Labute approximate surface area is 171 Å². The lowest BCUT2D eigenvalue weighted by Gasteiger charge is -2.32. The maximum absolute atomic E-state index is 12.6. The zero-order valence-electron chi connectivity index (χ0n) is 16.8. The van der Waals surface area contributed by atoms with Crippen LogP contribution < -0.4 is 20.3 Å². The largest absolute Gasteiger partial charge is 0.338 e. The van der Waals surface area contributed by atoms with Gasteiger partial charge in [-0.1, -0.05) is 0 Å². The Morgan fingerprint density at radius 1 is 1.10 bits per heavy atom. The Balaban J connectivity index is 1.46. The monoisotopic (exact) mass is 425 g/mol. The summed E-state index contributed by atoms with van der Waals surface area (Å²) >= 11 is 0. The van der Waals surface area contributed by atoms with Crippen molar-refractivity contribution in [2.24, 2.45) is 5.14 Å². The van der Waals surface area contributed by atoms with Crippen molar-refractivity contribution < 1.29 is 27.8 Å². The molecule has 0 bridgehead atoms. The quantitative estimate of drug-likeness (QED) is 0.390. The fraction of sp³-hybridized carbons (Fsp3) is 0.579. The number of carbonyl (C=O) groups is 2. The van der Waals surface area contributed by atoms with E-state index in [9.17, 15) is 18.0 Å². The lowest BCUT2D eigenvalue weighted by Crippen LogP contribution is -3.30. The van der Waals surface area contributed by atoms with Crippen LogP contribution in [-0.4, -0.2) is 77.0 Å². The Hall–Kier alpha value is -2.01. The SMILES string of the molecule is C[C@H](C(=O)Nc1ccc(S(N)(=O)=O)cc1)[NH+]1CC[NH+](CC(=O)N2CCCC2)CC1. The summed E-state index contributed by atoms with van der Waals surface area (Å²) < 4.78 is 22.6. The second-order valence-corrected chi connectivity index (χ2v) is 9.51. The highest BCUT2D eigenvalue weighted by Crippen LogP contribution is 2.12. The number of nitrogens with zero attached hydrogens (tertiary/aromatic N) is 1. The number of likely N-dealkylation sites (tertiary alicyclic amines) is 1. The number of anilines is 1. The molecule has 0 aliphatic carbocycles. The molecular formula is C19H31N5O4S+2. The standard InChI is InChI=1S/C19H29N5O4S/c1-15(19(26)21-16-4-6-17(7-5-16)29(20,27)28)23-12-10-22(11-13-23)14-18(25)24-8-2-3-9-24/h4-7,15H,2-3,8-14H2,1H3,(H,21,26)(H2,20,27,28)/p+2/t15-/m1/s1. The number of primary sulfonamides is 1. The number of benzene rings is 1.